The number of hydrogen-bond donors (Lipinski definition) is 0. The van der Waals surface area contributed by atoms with E-state index in [0.29, 0.717) is 58.4 Å². The number of rotatable bonds is 15. The lowest BCUT2D eigenvalue weighted by Gasteiger charge is -2.55. The molecule has 22 nitrogen and oxygen atoms in total. The monoisotopic (exact) mass is 1070 g/mol. The highest BCUT2D eigenvalue weighted by Crippen LogP contribution is 2.46. The summed E-state index contributed by atoms with van der Waals surface area (Å²) in [6, 6.07) is 2.76. The van der Waals surface area contributed by atoms with E-state index >= 15 is 0 Å². The minimum absolute atomic E-state index is 0.00299. The van der Waals surface area contributed by atoms with Crippen LogP contribution in [0.25, 0.3) is 11.3 Å². The molecule has 0 saturated carbocycles. The molecule has 0 aromatic carbocycles. The number of likely N-dealkylation sites (N-methyl/N-ethyl adjacent to an activating group) is 1. The van der Waals surface area contributed by atoms with Crippen molar-refractivity contribution in [3.05, 3.63) is 48.9 Å². The normalized spacial score (nSPS) is 31.8. The molecular weight excluding hydrogens is 993 g/mol. The molecule has 5 aliphatic rings. The molecule has 3 aromatic heterocycles. The van der Waals surface area contributed by atoms with Gasteiger partial charge in [0.05, 0.1) is 36.4 Å². The molecule has 0 radical (unpaired) electrons. The van der Waals surface area contributed by atoms with Crippen molar-refractivity contribution >= 4 is 29.7 Å². The van der Waals surface area contributed by atoms with Gasteiger partial charge in [0.15, 0.2) is 23.5 Å². The molecule has 0 N–H and O–H groups in total. The number of imidazole rings is 1. The van der Waals surface area contributed by atoms with Crippen molar-refractivity contribution in [2.75, 3.05) is 60.0 Å². The van der Waals surface area contributed by atoms with Crippen LogP contribution in [-0.2, 0) is 67.1 Å². The molecule has 8 rings (SSSR count). The first kappa shape index (κ1) is 57.8. The topological polar surface area (TPSA) is 224 Å². The fraction of sp³-hybridized carbons (Fsp3) is 0.727. The number of piperazine rings is 1. The second-order valence-corrected chi connectivity index (χ2v) is 23.0. The fourth-order valence-electron chi connectivity index (χ4n) is 11.7. The Bertz CT molecular complexity index is 2510. The molecule has 5 saturated heterocycles. The first-order valence-corrected chi connectivity index (χ1v) is 27.6. The molecule has 12 atom stereocenters. The summed E-state index contributed by atoms with van der Waals surface area (Å²) in [7, 11) is 3.51. The number of amides is 2. The zero-order valence-electron chi connectivity index (χ0n) is 47.0. The summed E-state index contributed by atoms with van der Waals surface area (Å²) in [5.41, 5.74) is 0.669. The summed E-state index contributed by atoms with van der Waals surface area (Å²) in [5, 5.41) is 8.92. The van der Waals surface area contributed by atoms with Crippen LogP contribution in [0.5, 0.6) is 0 Å². The van der Waals surface area contributed by atoms with E-state index in [2.05, 4.69) is 30.1 Å². The lowest BCUT2D eigenvalue weighted by molar-refractivity contribution is -0.424. The van der Waals surface area contributed by atoms with Gasteiger partial charge in [-0.05, 0) is 86.4 Å². The van der Waals surface area contributed by atoms with Gasteiger partial charge >= 0.3 is 18.2 Å². The summed E-state index contributed by atoms with van der Waals surface area (Å²) < 4.78 is 48.7. The van der Waals surface area contributed by atoms with Gasteiger partial charge < -0.3 is 52.4 Å². The summed E-state index contributed by atoms with van der Waals surface area (Å²) in [5.74, 6) is -5.99. The number of methoxy groups -OCH3 is 1. The maximum absolute atomic E-state index is 14.9. The Balaban J connectivity index is 0.950. The fourth-order valence-corrected chi connectivity index (χ4v) is 11.7. The lowest BCUT2D eigenvalue weighted by Crippen LogP contribution is -2.69. The SMILES string of the molecule is CC[C@H]1OC(=O)[C@H](C)C(=O)[C@H](C)[C@H]2O[C@@H]3O[C@H](C)C[C@H](N(C)CCc4cn(CCN5CCN(C(=O)OC(C)(C)C)CC5)nn4)[C@H]3O[C@@]2(OC)C[C@@H](C)C(=O)C[C@H]2N(CCCCn3cnc(-c4ccncc4)c3)C(=O)O[C@]12C. The van der Waals surface area contributed by atoms with E-state index < -0.39 is 83.2 Å². The molecule has 5 aliphatic heterocycles. The second kappa shape index (κ2) is 24.3. The first-order valence-electron chi connectivity index (χ1n) is 27.6. The Morgan fingerprint density at radius 3 is 2.38 bits per heavy atom. The smallest absolute Gasteiger partial charge is 0.410 e. The van der Waals surface area contributed by atoms with E-state index in [1.807, 2.05) is 82.4 Å². The van der Waals surface area contributed by atoms with Gasteiger partial charge in [-0.15, -0.1) is 5.10 Å². The molecule has 424 valence electrons. The third kappa shape index (κ3) is 13.2. The average molecular weight is 1080 g/mol. The standard InChI is InChI=1S/C55H82N10O12/c1-12-45-54(9)44(65(52(70)77-54)21-14-13-20-62-33-41(57-34-62)39-15-18-56-19-16-39)30-43(66)35(2)31-55(71-11)48(37(4)46(67)38(5)49(68)73-45)74-50-47(75-55)42(29-36(3)72-50)60(10)22-17-40-32-64(59-58-40)28-25-61-23-26-63(27-24-61)51(69)76-53(6,7)8/h15-16,18-19,32-38,42,44-45,47-48,50H,12-14,17,20-31H2,1-11H3/t35-,36-,37+,38-,42+,44-,45-,47-,48-,50+,54+,55+/m1/s1. The largest absolute Gasteiger partial charge is 0.458 e. The average Bonchev–Trinajstić information content (AvgIpc) is 4.25. The lowest BCUT2D eigenvalue weighted by atomic mass is 9.79. The van der Waals surface area contributed by atoms with Gasteiger partial charge in [0, 0.05) is 127 Å². The molecule has 22 heteroatoms. The third-order valence-electron chi connectivity index (χ3n) is 16.3. The number of esters is 1. The van der Waals surface area contributed by atoms with E-state index in [-0.39, 0.29) is 49.8 Å². The zero-order chi connectivity index (χ0) is 55.4. The number of fused-ring (bicyclic) bond motifs is 3. The number of cyclic esters (lactones) is 1. The number of nitrogens with zero attached hydrogens (tertiary/aromatic N) is 10. The molecule has 2 amide bonds. The van der Waals surface area contributed by atoms with Gasteiger partial charge in [0.1, 0.15) is 35.6 Å². The number of ether oxygens (including phenoxy) is 7. The minimum Gasteiger partial charge on any atom is -0.458 e. The van der Waals surface area contributed by atoms with Crippen LogP contribution < -0.4 is 0 Å². The van der Waals surface area contributed by atoms with Crippen LogP contribution in [0.15, 0.2) is 43.2 Å². The predicted molar refractivity (Wildman–Crippen MR) is 280 cm³/mol. The van der Waals surface area contributed by atoms with Crippen LogP contribution >= 0.6 is 0 Å². The van der Waals surface area contributed by atoms with E-state index in [9.17, 15) is 24.0 Å². The first-order chi connectivity index (χ1) is 36.6. The quantitative estimate of drug-likeness (QED) is 0.0802. The van der Waals surface area contributed by atoms with Gasteiger partial charge in [-0.2, -0.15) is 0 Å². The number of carbonyl (C=O) groups is 5. The van der Waals surface area contributed by atoms with Crippen molar-refractivity contribution in [3.8, 4) is 11.3 Å². The van der Waals surface area contributed by atoms with E-state index in [1.165, 1.54) is 14.0 Å². The van der Waals surface area contributed by atoms with Gasteiger partial charge in [-0.1, -0.05) is 26.0 Å². The van der Waals surface area contributed by atoms with Crippen molar-refractivity contribution in [3.63, 3.8) is 0 Å². The van der Waals surface area contributed by atoms with Crippen LogP contribution in [0.4, 0.5) is 9.59 Å². The molecule has 5 fully saturated rings. The van der Waals surface area contributed by atoms with Crippen molar-refractivity contribution in [1.29, 1.82) is 0 Å². The maximum Gasteiger partial charge on any atom is 0.410 e. The Morgan fingerprint density at radius 2 is 1.68 bits per heavy atom. The molecule has 8 heterocycles. The highest BCUT2D eigenvalue weighted by molar-refractivity contribution is 6.00. The molecular formula is C55H82N10O12. The van der Waals surface area contributed by atoms with E-state index in [1.54, 1.807) is 42.4 Å². The van der Waals surface area contributed by atoms with Gasteiger partial charge in [0.2, 0.25) is 0 Å². The Kier molecular flexibility index (Phi) is 18.2. The summed E-state index contributed by atoms with van der Waals surface area (Å²) in [4.78, 5) is 86.6. The number of carbonyl (C=O) groups excluding carboxylic acids is 5. The van der Waals surface area contributed by atoms with Crippen molar-refractivity contribution < 1.29 is 57.1 Å². The summed E-state index contributed by atoms with van der Waals surface area (Å²) >= 11 is 0. The predicted octanol–water partition coefficient (Wildman–Crippen LogP) is 5.42. The summed E-state index contributed by atoms with van der Waals surface area (Å²) in [6.45, 7) is 21.8. The second-order valence-electron chi connectivity index (χ2n) is 23.0. The third-order valence-corrected chi connectivity index (χ3v) is 16.3. The highest BCUT2D eigenvalue weighted by Gasteiger charge is 2.61. The molecule has 77 heavy (non-hydrogen) atoms. The van der Waals surface area contributed by atoms with Crippen LogP contribution in [0.2, 0.25) is 0 Å². The number of unbranched alkanes of at least 4 members (excludes halogenated alkanes) is 1. The van der Waals surface area contributed by atoms with Gasteiger partial charge in [0.25, 0.3) is 0 Å². The number of aromatic nitrogens is 6. The summed E-state index contributed by atoms with van der Waals surface area (Å²) in [6.07, 6.45) is 7.01. The van der Waals surface area contributed by atoms with Crippen LogP contribution in [0.3, 0.4) is 0 Å². The Morgan fingerprint density at radius 1 is 0.948 bits per heavy atom. The Labute approximate surface area is 452 Å². The number of Topliss-reactive ketones (excluding diaryl/α,β-unsaturated/α-hetero) is 2. The van der Waals surface area contributed by atoms with E-state index in [0.717, 1.165) is 36.6 Å². The van der Waals surface area contributed by atoms with Gasteiger partial charge in [-0.25, -0.2) is 14.6 Å². The zero-order valence-corrected chi connectivity index (χ0v) is 47.0. The minimum atomic E-state index is -1.64. The number of ketones is 2. The van der Waals surface area contributed by atoms with Gasteiger partial charge in [-0.3, -0.25) is 28.9 Å². The molecule has 0 aliphatic carbocycles. The highest BCUT2D eigenvalue weighted by atomic mass is 16.8. The van der Waals surface area contributed by atoms with Crippen molar-refractivity contribution in [1.82, 2.24) is 49.1 Å². The number of hydrogen-bond acceptors (Lipinski definition) is 18. The maximum atomic E-state index is 14.9. The van der Waals surface area contributed by atoms with Crippen LogP contribution in [-0.4, -0.2) is 199 Å². The van der Waals surface area contributed by atoms with Crippen LogP contribution in [0, 0.1) is 17.8 Å². The number of aryl methyl sites for hydroxylation is 1. The van der Waals surface area contributed by atoms with Crippen molar-refractivity contribution in [2.24, 2.45) is 17.8 Å². The molecule has 0 unspecified atom stereocenters. The van der Waals surface area contributed by atoms with Crippen molar-refractivity contribution in [2.45, 2.75) is 180 Å². The molecule has 3 aromatic rings. The van der Waals surface area contributed by atoms with Crippen LogP contribution in [0.1, 0.15) is 107 Å². The molecule has 0 bridgehead atoms. The Hall–Kier alpha value is -5.39. The van der Waals surface area contributed by atoms with E-state index in [4.69, 9.17) is 33.2 Å². The number of pyridine rings is 1. The molecule has 0 spiro atoms.